The fourth-order valence-electron chi connectivity index (χ4n) is 1.04. The molecule has 0 aliphatic carbocycles. The Bertz CT molecular complexity index is 359. The average molecular weight is 178 g/mol. The number of anilines is 1. The van der Waals surface area contributed by atoms with Crippen molar-refractivity contribution in [1.82, 2.24) is 0 Å². The molecular weight excluding hydrogens is 168 g/mol. The maximum atomic E-state index is 10.7. The number of benzene rings is 1. The van der Waals surface area contributed by atoms with Gasteiger partial charge in [0, 0.05) is 24.5 Å². The molecule has 0 heterocycles. The van der Waals surface area contributed by atoms with Gasteiger partial charge in [-0.25, -0.2) is 4.79 Å². The molecule has 4 heteroatoms. The monoisotopic (exact) mass is 178 g/mol. The van der Waals surface area contributed by atoms with Crippen LogP contribution in [0.15, 0.2) is 23.2 Å². The third-order valence-electron chi connectivity index (χ3n) is 1.63. The number of hydrogen-bond donors (Lipinski definition) is 2. The Balaban J connectivity index is 3.33. The zero-order chi connectivity index (χ0) is 9.84. The normalized spacial score (nSPS) is 10.5. The second kappa shape index (κ2) is 3.71. The minimum absolute atomic E-state index is 0.172. The van der Waals surface area contributed by atoms with Gasteiger partial charge in [0.15, 0.2) is 0 Å². The van der Waals surface area contributed by atoms with Crippen LogP contribution >= 0.6 is 0 Å². The van der Waals surface area contributed by atoms with Crippen LogP contribution in [-0.2, 0) is 0 Å². The quantitative estimate of drug-likeness (QED) is 0.524. The zero-order valence-corrected chi connectivity index (χ0v) is 7.19. The van der Waals surface area contributed by atoms with Crippen LogP contribution < -0.4 is 5.73 Å². The van der Waals surface area contributed by atoms with Gasteiger partial charge in [-0.3, -0.25) is 4.99 Å². The average Bonchev–Trinajstić information content (AvgIpc) is 2.08. The Morgan fingerprint density at radius 1 is 1.62 bits per heavy atom. The summed E-state index contributed by atoms with van der Waals surface area (Å²) in [4.78, 5) is 14.5. The SMILES string of the molecule is CN=Cc1c(N)cccc1C(=O)O. The first-order valence-corrected chi connectivity index (χ1v) is 3.70. The summed E-state index contributed by atoms with van der Waals surface area (Å²) >= 11 is 0. The lowest BCUT2D eigenvalue weighted by Crippen LogP contribution is -2.05. The van der Waals surface area contributed by atoms with Crippen molar-refractivity contribution in [2.24, 2.45) is 4.99 Å². The van der Waals surface area contributed by atoms with Crippen LogP contribution in [0.4, 0.5) is 5.69 Å². The largest absolute Gasteiger partial charge is 0.478 e. The molecule has 0 saturated carbocycles. The first-order valence-electron chi connectivity index (χ1n) is 3.70. The number of carbonyl (C=O) groups is 1. The Morgan fingerprint density at radius 3 is 2.85 bits per heavy atom. The molecule has 0 aromatic heterocycles. The van der Waals surface area contributed by atoms with Crippen LogP contribution in [0.2, 0.25) is 0 Å². The van der Waals surface area contributed by atoms with Crippen molar-refractivity contribution in [3.8, 4) is 0 Å². The number of rotatable bonds is 2. The van der Waals surface area contributed by atoms with E-state index in [9.17, 15) is 4.79 Å². The van der Waals surface area contributed by atoms with Crippen molar-refractivity contribution >= 4 is 17.9 Å². The molecule has 0 bridgehead atoms. The third kappa shape index (κ3) is 1.84. The number of nitrogens with two attached hydrogens (primary N) is 1. The molecule has 68 valence electrons. The number of nitrogens with zero attached hydrogens (tertiary/aromatic N) is 1. The summed E-state index contributed by atoms with van der Waals surface area (Å²) in [7, 11) is 1.57. The van der Waals surface area contributed by atoms with Crippen molar-refractivity contribution in [3.05, 3.63) is 29.3 Å². The molecule has 3 N–H and O–H groups in total. The highest BCUT2D eigenvalue weighted by atomic mass is 16.4. The van der Waals surface area contributed by atoms with Gasteiger partial charge >= 0.3 is 5.97 Å². The highest BCUT2D eigenvalue weighted by Gasteiger charge is 2.09. The van der Waals surface area contributed by atoms with Crippen LogP contribution in [-0.4, -0.2) is 24.3 Å². The molecule has 0 spiro atoms. The van der Waals surface area contributed by atoms with E-state index in [2.05, 4.69) is 4.99 Å². The van der Waals surface area contributed by atoms with E-state index in [0.717, 1.165) is 0 Å². The van der Waals surface area contributed by atoms with E-state index in [1.807, 2.05) is 0 Å². The van der Waals surface area contributed by atoms with E-state index in [4.69, 9.17) is 10.8 Å². The van der Waals surface area contributed by atoms with E-state index in [1.165, 1.54) is 12.3 Å². The van der Waals surface area contributed by atoms with Crippen molar-refractivity contribution in [3.63, 3.8) is 0 Å². The van der Waals surface area contributed by atoms with E-state index in [0.29, 0.717) is 11.3 Å². The number of aromatic carboxylic acids is 1. The van der Waals surface area contributed by atoms with Crippen LogP contribution in [0.1, 0.15) is 15.9 Å². The van der Waals surface area contributed by atoms with Crippen molar-refractivity contribution in [2.45, 2.75) is 0 Å². The molecule has 1 rings (SSSR count). The Morgan fingerprint density at radius 2 is 2.31 bits per heavy atom. The molecule has 0 amide bonds. The second-order valence-corrected chi connectivity index (χ2v) is 2.50. The van der Waals surface area contributed by atoms with Crippen molar-refractivity contribution in [1.29, 1.82) is 0 Å². The van der Waals surface area contributed by atoms with Crippen molar-refractivity contribution in [2.75, 3.05) is 12.8 Å². The summed E-state index contributed by atoms with van der Waals surface area (Å²) in [5.74, 6) is -0.998. The fourth-order valence-corrected chi connectivity index (χ4v) is 1.04. The first-order chi connectivity index (χ1) is 6.16. The molecule has 0 radical (unpaired) electrons. The molecule has 0 fully saturated rings. The molecule has 0 atom stereocenters. The summed E-state index contributed by atoms with van der Waals surface area (Å²) in [5, 5.41) is 8.80. The zero-order valence-electron chi connectivity index (χ0n) is 7.19. The molecule has 1 aromatic rings. The number of nitrogen functional groups attached to an aromatic ring is 1. The van der Waals surface area contributed by atoms with Gasteiger partial charge in [-0.1, -0.05) is 6.07 Å². The molecule has 4 nitrogen and oxygen atoms in total. The van der Waals surface area contributed by atoms with E-state index >= 15 is 0 Å². The van der Waals surface area contributed by atoms with Gasteiger partial charge in [-0.05, 0) is 12.1 Å². The van der Waals surface area contributed by atoms with E-state index < -0.39 is 5.97 Å². The Labute approximate surface area is 75.7 Å². The van der Waals surface area contributed by atoms with Gasteiger partial charge < -0.3 is 10.8 Å². The van der Waals surface area contributed by atoms with Gasteiger partial charge in [0.25, 0.3) is 0 Å². The van der Waals surface area contributed by atoms with Crippen LogP contribution in [0.5, 0.6) is 0 Å². The highest BCUT2D eigenvalue weighted by molar-refractivity contribution is 6.01. The molecule has 13 heavy (non-hydrogen) atoms. The van der Waals surface area contributed by atoms with Gasteiger partial charge in [0.2, 0.25) is 0 Å². The maximum Gasteiger partial charge on any atom is 0.336 e. The highest BCUT2D eigenvalue weighted by Crippen LogP contribution is 2.14. The smallest absolute Gasteiger partial charge is 0.336 e. The molecule has 0 aliphatic rings. The maximum absolute atomic E-state index is 10.7. The van der Waals surface area contributed by atoms with Gasteiger partial charge in [0.1, 0.15) is 0 Å². The third-order valence-corrected chi connectivity index (χ3v) is 1.63. The lowest BCUT2D eigenvalue weighted by molar-refractivity contribution is 0.0697. The number of carboxylic acid groups (broad SMARTS) is 1. The second-order valence-electron chi connectivity index (χ2n) is 2.50. The molecule has 0 saturated heterocycles. The topological polar surface area (TPSA) is 75.7 Å². The lowest BCUT2D eigenvalue weighted by Gasteiger charge is -2.03. The molecule has 1 aromatic carbocycles. The predicted octanol–water partition coefficient (Wildman–Crippen LogP) is 1.02. The summed E-state index contributed by atoms with van der Waals surface area (Å²) < 4.78 is 0. The Kier molecular flexibility index (Phi) is 2.64. The standard InChI is InChI=1S/C9H10N2O2/c1-11-5-7-6(9(12)13)3-2-4-8(7)10/h2-5H,10H2,1H3,(H,12,13). The number of carboxylic acids is 1. The lowest BCUT2D eigenvalue weighted by atomic mass is 10.1. The van der Waals surface area contributed by atoms with Crippen LogP contribution in [0.25, 0.3) is 0 Å². The minimum atomic E-state index is -0.998. The van der Waals surface area contributed by atoms with E-state index in [1.54, 1.807) is 19.2 Å². The molecule has 0 aliphatic heterocycles. The van der Waals surface area contributed by atoms with Crippen molar-refractivity contribution < 1.29 is 9.90 Å². The summed E-state index contributed by atoms with van der Waals surface area (Å²) in [5.41, 5.74) is 6.64. The first kappa shape index (κ1) is 9.25. The number of aliphatic imine (C=N–C) groups is 1. The van der Waals surface area contributed by atoms with Crippen LogP contribution in [0, 0.1) is 0 Å². The van der Waals surface area contributed by atoms with Gasteiger partial charge in [0.05, 0.1) is 5.56 Å². The van der Waals surface area contributed by atoms with Gasteiger partial charge in [-0.2, -0.15) is 0 Å². The predicted molar refractivity (Wildman–Crippen MR) is 51.3 cm³/mol. The molecule has 0 unspecified atom stereocenters. The van der Waals surface area contributed by atoms with Gasteiger partial charge in [-0.15, -0.1) is 0 Å². The molecular formula is C9H10N2O2. The summed E-state index contributed by atoms with van der Waals surface area (Å²) in [6, 6.07) is 4.74. The van der Waals surface area contributed by atoms with Crippen LogP contribution in [0.3, 0.4) is 0 Å². The summed E-state index contributed by atoms with van der Waals surface area (Å²) in [6.45, 7) is 0. The minimum Gasteiger partial charge on any atom is -0.478 e. The fraction of sp³-hybridized carbons (Fsp3) is 0.111. The van der Waals surface area contributed by atoms with E-state index in [-0.39, 0.29) is 5.56 Å². The summed E-state index contributed by atoms with van der Waals surface area (Å²) in [6.07, 6.45) is 1.44. The Hall–Kier alpha value is -1.84. The number of hydrogen-bond acceptors (Lipinski definition) is 3.